The van der Waals surface area contributed by atoms with E-state index in [2.05, 4.69) is 10.3 Å². The van der Waals surface area contributed by atoms with Crippen LogP contribution < -0.4 is 0 Å². The number of carbonyl (C=O) groups is 3. The normalized spacial score (nSPS) is 14.7. The molecule has 2 amide bonds. The van der Waals surface area contributed by atoms with E-state index >= 15 is 0 Å². The molecule has 0 radical (unpaired) electrons. The van der Waals surface area contributed by atoms with Crippen LogP contribution in [0.1, 0.15) is 37.8 Å². The Kier molecular flexibility index (Phi) is 5.02. The Morgan fingerprint density at radius 2 is 2.14 bits per heavy atom. The zero-order valence-corrected chi connectivity index (χ0v) is 11.7. The number of carbonyl (C=O) groups excluding carboxylic acids is 2. The molecule has 0 unspecified atom stereocenters. The van der Waals surface area contributed by atoms with E-state index in [-0.39, 0.29) is 24.8 Å². The van der Waals surface area contributed by atoms with Gasteiger partial charge in [0, 0.05) is 25.6 Å². The van der Waals surface area contributed by atoms with Crippen molar-refractivity contribution in [3.63, 3.8) is 0 Å². The molecule has 0 aromatic carbocycles. The highest BCUT2D eigenvalue weighted by molar-refractivity contribution is 5.96. The van der Waals surface area contributed by atoms with Gasteiger partial charge in [0.25, 0.3) is 5.91 Å². The second kappa shape index (κ2) is 6.96. The molecule has 2 heterocycles. The van der Waals surface area contributed by atoms with Gasteiger partial charge in [0.1, 0.15) is 6.54 Å². The molecule has 0 aliphatic carbocycles. The third-order valence-corrected chi connectivity index (χ3v) is 3.33. The summed E-state index contributed by atoms with van der Waals surface area (Å²) in [5.74, 6) is -1.20. The Hall–Kier alpha value is -2.25. The van der Waals surface area contributed by atoms with Crippen molar-refractivity contribution in [2.24, 2.45) is 0 Å². The molecular formula is C13H18N4O4. The fourth-order valence-electron chi connectivity index (χ4n) is 2.25. The minimum atomic E-state index is -0.806. The Labute approximate surface area is 121 Å². The maximum Gasteiger partial charge on any atom is 0.303 e. The van der Waals surface area contributed by atoms with E-state index in [1.807, 2.05) is 0 Å². The van der Waals surface area contributed by atoms with Crippen LogP contribution in [0.2, 0.25) is 0 Å². The highest BCUT2D eigenvalue weighted by Crippen LogP contribution is 2.10. The van der Waals surface area contributed by atoms with Gasteiger partial charge in [-0.05, 0) is 25.7 Å². The summed E-state index contributed by atoms with van der Waals surface area (Å²) in [7, 11) is 0. The van der Waals surface area contributed by atoms with Crippen molar-refractivity contribution in [2.45, 2.75) is 45.1 Å². The minimum absolute atomic E-state index is 0.00780. The van der Waals surface area contributed by atoms with Gasteiger partial charge < -0.3 is 5.11 Å². The van der Waals surface area contributed by atoms with Crippen LogP contribution in [0, 0.1) is 0 Å². The smallest absolute Gasteiger partial charge is 0.303 e. The van der Waals surface area contributed by atoms with E-state index in [4.69, 9.17) is 5.11 Å². The monoisotopic (exact) mass is 294 g/mol. The quantitative estimate of drug-likeness (QED) is 0.721. The van der Waals surface area contributed by atoms with E-state index in [9.17, 15) is 14.4 Å². The Morgan fingerprint density at radius 1 is 1.33 bits per heavy atom. The summed E-state index contributed by atoms with van der Waals surface area (Å²) in [6.45, 7) is 0.488. The van der Waals surface area contributed by atoms with E-state index in [0.717, 1.165) is 12.1 Å². The van der Waals surface area contributed by atoms with E-state index in [1.165, 1.54) is 9.58 Å². The molecule has 1 N–H and O–H groups in total. The summed E-state index contributed by atoms with van der Waals surface area (Å²) in [6, 6.07) is 0. The molecule has 2 rings (SSSR count). The maximum absolute atomic E-state index is 11.9. The number of imide groups is 1. The molecule has 1 aliphatic rings. The first kappa shape index (κ1) is 15.1. The van der Waals surface area contributed by atoms with Crippen molar-refractivity contribution < 1.29 is 19.5 Å². The Balaban J connectivity index is 1.78. The molecule has 1 aliphatic heterocycles. The number of aliphatic carboxylic acids is 1. The van der Waals surface area contributed by atoms with Gasteiger partial charge in [-0.15, -0.1) is 5.10 Å². The number of likely N-dealkylation sites (tertiary alicyclic amines) is 1. The van der Waals surface area contributed by atoms with Crippen LogP contribution in [-0.4, -0.2) is 49.3 Å². The van der Waals surface area contributed by atoms with E-state index in [0.29, 0.717) is 32.2 Å². The first-order chi connectivity index (χ1) is 10.1. The lowest BCUT2D eigenvalue weighted by atomic mass is 10.1. The van der Waals surface area contributed by atoms with Crippen LogP contribution in [0.15, 0.2) is 6.20 Å². The van der Waals surface area contributed by atoms with Gasteiger partial charge in [0.05, 0.1) is 5.69 Å². The van der Waals surface area contributed by atoms with Crippen molar-refractivity contribution in [3.8, 4) is 0 Å². The van der Waals surface area contributed by atoms with Gasteiger partial charge in [0.15, 0.2) is 0 Å². The van der Waals surface area contributed by atoms with Crippen LogP contribution >= 0.6 is 0 Å². The van der Waals surface area contributed by atoms with E-state index in [1.54, 1.807) is 6.20 Å². The number of nitrogens with zero attached hydrogens (tertiary/aromatic N) is 4. The fraction of sp³-hybridized carbons (Fsp3) is 0.615. The van der Waals surface area contributed by atoms with Gasteiger partial charge in [-0.3, -0.25) is 19.3 Å². The number of hydrogen-bond acceptors (Lipinski definition) is 5. The predicted octanol–water partition coefficient (Wildman–Crippen LogP) is 0.225. The maximum atomic E-state index is 11.9. The standard InChI is InChI=1S/C13H18N4O4/c18-11-5-3-7-17(11)12(19)9-16-8-10(14-15-16)4-1-2-6-13(20)21/h8H,1-7,9H2,(H,20,21). The number of aryl methyl sites for hydroxylation is 1. The number of amides is 2. The molecule has 21 heavy (non-hydrogen) atoms. The average Bonchev–Trinajstić information content (AvgIpc) is 3.03. The van der Waals surface area contributed by atoms with Crippen molar-refractivity contribution >= 4 is 17.8 Å². The molecule has 1 saturated heterocycles. The zero-order valence-electron chi connectivity index (χ0n) is 11.7. The van der Waals surface area contributed by atoms with Crippen LogP contribution in [0.25, 0.3) is 0 Å². The summed E-state index contributed by atoms with van der Waals surface area (Å²) < 4.78 is 1.42. The zero-order chi connectivity index (χ0) is 15.2. The molecule has 1 aromatic heterocycles. The van der Waals surface area contributed by atoms with Crippen LogP contribution in [0.3, 0.4) is 0 Å². The van der Waals surface area contributed by atoms with Crippen molar-refractivity contribution in [1.29, 1.82) is 0 Å². The van der Waals surface area contributed by atoms with Gasteiger partial charge in [-0.2, -0.15) is 0 Å². The number of carboxylic acids is 1. The van der Waals surface area contributed by atoms with Crippen molar-refractivity contribution in [3.05, 3.63) is 11.9 Å². The number of hydrogen-bond donors (Lipinski definition) is 1. The second-order valence-corrected chi connectivity index (χ2v) is 5.05. The van der Waals surface area contributed by atoms with Gasteiger partial charge in [-0.1, -0.05) is 5.21 Å². The summed E-state index contributed by atoms with van der Waals surface area (Å²) >= 11 is 0. The molecule has 114 valence electrons. The van der Waals surface area contributed by atoms with Crippen LogP contribution in [0.5, 0.6) is 0 Å². The Morgan fingerprint density at radius 3 is 2.81 bits per heavy atom. The van der Waals surface area contributed by atoms with E-state index < -0.39 is 5.97 Å². The van der Waals surface area contributed by atoms with Gasteiger partial charge in [-0.25, -0.2) is 4.68 Å². The molecule has 0 bridgehead atoms. The highest BCUT2D eigenvalue weighted by atomic mass is 16.4. The molecule has 0 atom stereocenters. The molecule has 0 saturated carbocycles. The minimum Gasteiger partial charge on any atom is -0.481 e. The predicted molar refractivity (Wildman–Crippen MR) is 71.2 cm³/mol. The number of carboxylic acid groups (broad SMARTS) is 1. The third-order valence-electron chi connectivity index (χ3n) is 3.33. The Bertz CT molecular complexity index is 540. The molecule has 0 spiro atoms. The largest absolute Gasteiger partial charge is 0.481 e. The lowest BCUT2D eigenvalue weighted by Gasteiger charge is -2.12. The SMILES string of the molecule is O=C(O)CCCCc1cn(CC(=O)N2CCCC2=O)nn1. The highest BCUT2D eigenvalue weighted by Gasteiger charge is 2.26. The fourth-order valence-corrected chi connectivity index (χ4v) is 2.25. The molecule has 1 fully saturated rings. The lowest BCUT2D eigenvalue weighted by molar-refractivity contribution is -0.142. The van der Waals surface area contributed by atoms with Gasteiger partial charge in [0.2, 0.25) is 5.91 Å². The molecule has 8 heteroatoms. The summed E-state index contributed by atoms with van der Waals surface area (Å²) in [4.78, 5) is 35.0. The van der Waals surface area contributed by atoms with Crippen molar-refractivity contribution in [1.82, 2.24) is 19.9 Å². The number of rotatable bonds is 7. The number of aromatic nitrogens is 3. The molecular weight excluding hydrogens is 276 g/mol. The topological polar surface area (TPSA) is 105 Å². The van der Waals surface area contributed by atoms with Crippen molar-refractivity contribution in [2.75, 3.05) is 6.54 Å². The first-order valence-corrected chi connectivity index (χ1v) is 7.00. The summed E-state index contributed by atoms with van der Waals surface area (Å²) in [6.07, 6.45) is 4.88. The second-order valence-electron chi connectivity index (χ2n) is 5.05. The summed E-state index contributed by atoms with van der Waals surface area (Å²) in [5.41, 5.74) is 0.723. The molecule has 1 aromatic rings. The molecule has 8 nitrogen and oxygen atoms in total. The average molecular weight is 294 g/mol. The van der Waals surface area contributed by atoms with Gasteiger partial charge >= 0.3 is 5.97 Å². The lowest BCUT2D eigenvalue weighted by Crippen LogP contribution is -2.34. The number of unbranched alkanes of at least 4 members (excludes halogenated alkanes) is 1. The van der Waals surface area contributed by atoms with Crippen LogP contribution in [0.4, 0.5) is 0 Å². The van der Waals surface area contributed by atoms with Crippen LogP contribution in [-0.2, 0) is 27.3 Å². The first-order valence-electron chi connectivity index (χ1n) is 7.00. The third kappa shape index (κ3) is 4.37. The summed E-state index contributed by atoms with van der Waals surface area (Å²) in [5, 5.41) is 16.3.